The molecule has 22 heavy (non-hydrogen) atoms. The van der Waals surface area contributed by atoms with E-state index in [-0.39, 0.29) is 5.91 Å². The van der Waals surface area contributed by atoms with Crippen LogP contribution in [0.4, 0.5) is 0 Å². The maximum absolute atomic E-state index is 12.4. The van der Waals surface area contributed by atoms with Gasteiger partial charge in [0.1, 0.15) is 0 Å². The Labute approximate surface area is 133 Å². The number of carbonyl (C=O) groups excluding carboxylic acids is 1. The van der Waals surface area contributed by atoms with Crippen molar-refractivity contribution in [2.24, 2.45) is 0 Å². The molecule has 4 nitrogen and oxygen atoms in total. The van der Waals surface area contributed by atoms with Crippen molar-refractivity contribution in [2.45, 2.75) is 6.54 Å². The van der Waals surface area contributed by atoms with Gasteiger partial charge < -0.3 is 5.32 Å². The van der Waals surface area contributed by atoms with E-state index in [0.29, 0.717) is 22.8 Å². The van der Waals surface area contributed by atoms with Crippen molar-refractivity contribution in [3.8, 4) is 11.3 Å². The average molecular weight is 312 g/mol. The Morgan fingerprint density at radius 3 is 2.59 bits per heavy atom. The number of nitrogens with zero attached hydrogens (tertiary/aromatic N) is 1. The molecule has 0 atom stereocenters. The van der Waals surface area contributed by atoms with E-state index in [9.17, 15) is 4.79 Å². The van der Waals surface area contributed by atoms with Crippen LogP contribution in [0, 0.1) is 0 Å². The minimum Gasteiger partial charge on any atom is -0.348 e. The number of aromatic amines is 1. The molecule has 3 rings (SSSR count). The number of hydrogen-bond acceptors (Lipinski definition) is 2. The summed E-state index contributed by atoms with van der Waals surface area (Å²) in [7, 11) is 0. The molecule has 0 bridgehead atoms. The molecule has 0 fully saturated rings. The minimum atomic E-state index is -0.187. The van der Waals surface area contributed by atoms with Gasteiger partial charge in [-0.15, -0.1) is 0 Å². The monoisotopic (exact) mass is 311 g/mol. The van der Waals surface area contributed by atoms with Gasteiger partial charge >= 0.3 is 0 Å². The summed E-state index contributed by atoms with van der Waals surface area (Å²) in [5, 5.41) is 10.4. The molecule has 0 aliphatic carbocycles. The molecule has 0 saturated heterocycles. The molecule has 2 aromatic carbocycles. The number of halogens is 1. The molecule has 0 unspecified atom stereocenters. The third-order valence-electron chi connectivity index (χ3n) is 3.34. The van der Waals surface area contributed by atoms with E-state index in [1.54, 1.807) is 6.07 Å². The van der Waals surface area contributed by atoms with E-state index < -0.39 is 0 Å². The Morgan fingerprint density at radius 2 is 1.82 bits per heavy atom. The summed E-state index contributed by atoms with van der Waals surface area (Å²) in [6.07, 6.45) is 1.53. The van der Waals surface area contributed by atoms with Crippen molar-refractivity contribution < 1.29 is 4.79 Å². The number of nitrogens with one attached hydrogen (secondary N) is 2. The average Bonchev–Trinajstić information content (AvgIpc) is 3.04. The van der Waals surface area contributed by atoms with Crippen LogP contribution < -0.4 is 5.32 Å². The van der Waals surface area contributed by atoms with E-state index in [2.05, 4.69) is 15.5 Å². The smallest absolute Gasteiger partial charge is 0.255 e. The molecule has 1 heterocycles. The summed E-state index contributed by atoms with van der Waals surface area (Å²) in [6.45, 7) is 0.373. The van der Waals surface area contributed by atoms with Crippen molar-refractivity contribution in [1.29, 1.82) is 0 Å². The molecule has 1 aromatic heterocycles. The fourth-order valence-electron chi connectivity index (χ4n) is 2.20. The number of hydrogen-bond donors (Lipinski definition) is 2. The zero-order valence-electron chi connectivity index (χ0n) is 11.7. The second kappa shape index (κ2) is 6.45. The summed E-state index contributed by atoms with van der Waals surface area (Å²) in [5.41, 5.74) is 3.01. The maximum Gasteiger partial charge on any atom is 0.255 e. The number of carbonyl (C=O) groups is 1. The van der Waals surface area contributed by atoms with Crippen molar-refractivity contribution >= 4 is 17.5 Å². The van der Waals surface area contributed by atoms with E-state index >= 15 is 0 Å². The molecule has 0 radical (unpaired) electrons. The van der Waals surface area contributed by atoms with Crippen molar-refractivity contribution in [3.05, 3.63) is 76.9 Å². The lowest BCUT2D eigenvalue weighted by Gasteiger charge is -2.07. The molecule has 0 aliphatic heterocycles. The number of rotatable bonds is 4. The van der Waals surface area contributed by atoms with Gasteiger partial charge in [0.25, 0.3) is 5.91 Å². The highest BCUT2D eigenvalue weighted by molar-refractivity contribution is 6.31. The topological polar surface area (TPSA) is 57.8 Å². The van der Waals surface area contributed by atoms with Crippen LogP contribution in [0.15, 0.2) is 60.8 Å². The van der Waals surface area contributed by atoms with Crippen LogP contribution in [0.25, 0.3) is 11.3 Å². The van der Waals surface area contributed by atoms with Crippen LogP contribution in [0.1, 0.15) is 15.9 Å². The fraction of sp³-hybridized carbons (Fsp3) is 0.0588. The van der Waals surface area contributed by atoms with Gasteiger partial charge in [0.05, 0.1) is 17.5 Å². The highest BCUT2D eigenvalue weighted by Gasteiger charge is 2.15. The van der Waals surface area contributed by atoms with E-state index in [1.807, 2.05) is 48.5 Å². The molecule has 0 spiro atoms. The van der Waals surface area contributed by atoms with Gasteiger partial charge in [-0.1, -0.05) is 60.1 Å². The predicted octanol–water partition coefficient (Wildman–Crippen LogP) is 3.66. The zero-order chi connectivity index (χ0) is 15.4. The van der Waals surface area contributed by atoms with Crippen LogP contribution in [0.2, 0.25) is 5.02 Å². The van der Waals surface area contributed by atoms with E-state index in [0.717, 1.165) is 11.1 Å². The lowest BCUT2D eigenvalue weighted by Crippen LogP contribution is -2.23. The van der Waals surface area contributed by atoms with E-state index in [4.69, 9.17) is 11.6 Å². The molecular weight excluding hydrogens is 298 g/mol. The van der Waals surface area contributed by atoms with Crippen molar-refractivity contribution in [2.75, 3.05) is 0 Å². The van der Waals surface area contributed by atoms with Gasteiger partial charge in [-0.3, -0.25) is 9.89 Å². The summed E-state index contributed by atoms with van der Waals surface area (Å²) in [5.74, 6) is -0.187. The van der Waals surface area contributed by atoms with Crippen LogP contribution in [0.3, 0.4) is 0 Å². The Balaban J connectivity index is 1.77. The highest BCUT2D eigenvalue weighted by atomic mass is 35.5. The Kier molecular flexibility index (Phi) is 4.21. The minimum absolute atomic E-state index is 0.187. The van der Waals surface area contributed by atoms with E-state index in [1.165, 1.54) is 6.20 Å². The number of H-pyrrole nitrogens is 1. The third kappa shape index (κ3) is 3.02. The first kappa shape index (κ1) is 14.4. The Morgan fingerprint density at radius 1 is 1.09 bits per heavy atom. The molecular formula is C17H14ClN3O. The quantitative estimate of drug-likeness (QED) is 0.772. The van der Waals surface area contributed by atoms with Gasteiger partial charge in [0.2, 0.25) is 0 Å². The first-order valence-corrected chi connectivity index (χ1v) is 7.24. The molecule has 0 aliphatic rings. The first-order chi connectivity index (χ1) is 10.8. The summed E-state index contributed by atoms with van der Waals surface area (Å²) in [4.78, 5) is 12.4. The van der Waals surface area contributed by atoms with Crippen LogP contribution in [-0.4, -0.2) is 16.1 Å². The lowest BCUT2D eigenvalue weighted by molar-refractivity contribution is 0.0951. The Bertz CT molecular complexity index is 783. The van der Waals surface area contributed by atoms with Crippen LogP contribution in [0.5, 0.6) is 0 Å². The molecule has 3 aromatic rings. The van der Waals surface area contributed by atoms with Gasteiger partial charge in [-0.25, -0.2) is 0 Å². The second-order valence-electron chi connectivity index (χ2n) is 4.80. The van der Waals surface area contributed by atoms with Crippen LogP contribution in [-0.2, 0) is 6.54 Å². The summed E-state index contributed by atoms with van der Waals surface area (Å²) >= 11 is 6.09. The third-order valence-corrected chi connectivity index (χ3v) is 3.71. The normalized spacial score (nSPS) is 10.4. The lowest BCUT2D eigenvalue weighted by atomic mass is 10.1. The Hall–Kier alpha value is -2.59. The van der Waals surface area contributed by atoms with Crippen molar-refractivity contribution in [1.82, 2.24) is 15.5 Å². The molecule has 2 N–H and O–H groups in total. The SMILES string of the molecule is O=C(NCc1ccccc1Cl)c1cn[nH]c1-c1ccccc1. The number of amides is 1. The van der Waals surface area contributed by atoms with Gasteiger partial charge in [0, 0.05) is 17.1 Å². The second-order valence-corrected chi connectivity index (χ2v) is 5.21. The van der Waals surface area contributed by atoms with Gasteiger partial charge in [0.15, 0.2) is 0 Å². The molecule has 110 valence electrons. The largest absolute Gasteiger partial charge is 0.348 e. The predicted molar refractivity (Wildman–Crippen MR) is 86.6 cm³/mol. The van der Waals surface area contributed by atoms with Gasteiger partial charge in [-0.05, 0) is 11.6 Å². The van der Waals surface area contributed by atoms with Gasteiger partial charge in [-0.2, -0.15) is 5.10 Å². The number of benzene rings is 2. The molecule has 1 amide bonds. The molecule has 5 heteroatoms. The highest BCUT2D eigenvalue weighted by Crippen LogP contribution is 2.21. The summed E-state index contributed by atoms with van der Waals surface area (Å²) in [6, 6.07) is 17.1. The van der Waals surface area contributed by atoms with Crippen molar-refractivity contribution in [3.63, 3.8) is 0 Å². The van der Waals surface area contributed by atoms with Crippen LogP contribution >= 0.6 is 11.6 Å². The summed E-state index contributed by atoms with van der Waals surface area (Å²) < 4.78 is 0. The fourth-order valence-corrected chi connectivity index (χ4v) is 2.40. The molecule has 0 saturated carbocycles. The first-order valence-electron chi connectivity index (χ1n) is 6.86. The zero-order valence-corrected chi connectivity index (χ0v) is 12.5. The standard InChI is InChI=1S/C17H14ClN3O/c18-15-9-5-4-8-13(15)10-19-17(22)14-11-20-21-16(14)12-6-2-1-3-7-12/h1-9,11H,10H2,(H,19,22)(H,20,21). The maximum atomic E-state index is 12.4. The number of aromatic nitrogens is 2.